The molecule has 25 heavy (non-hydrogen) atoms. The standard InChI is InChI=1S/C20H30N2O3/c1-14(2)18(23)11-12-21-19(24)16-9-6-10-17(13-16)22-20(25)15-7-4-3-5-8-15/h6,9-10,13-15,18,23H,3-5,7-8,11-12H2,1-2H3,(H,21,24)(H,22,25). The van der Waals surface area contributed by atoms with E-state index in [0.29, 0.717) is 24.2 Å². The average Bonchev–Trinajstić information content (AvgIpc) is 2.62. The number of carbonyl (C=O) groups is 2. The maximum atomic E-state index is 12.3. The molecule has 1 fully saturated rings. The Bertz CT molecular complexity index is 580. The molecule has 2 amide bonds. The van der Waals surface area contributed by atoms with E-state index in [1.807, 2.05) is 13.8 Å². The molecule has 138 valence electrons. The SMILES string of the molecule is CC(C)C(O)CCNC(=O)c1cccc(NC(=O)C2CCCCC2)c1. The van der Waals surface area contributed by atoms with Crippen LogP contribution in [0.5, 0.6) is 0 Å². The summed E-state index contributed by atoms with van der Waals surface area (Å²) in [6.07, 6.45) is 5.45. The van der Waals surface area contributed by atoms with E-state index in [2.05, 4.69) is 10.6 Å². The van der Waals surface area contributed by atoms with Gasteiger partial charge in [-0.05, 0) is 43.4 Å². The van der Waals surface area contributed by atoms with Gasteiger partial charge in [0.05, 0.1) is 6.10 Å². The predicted octanol–water partition coefficient (Wildman–Crippen LogP) is 3.34. The fourth-order valence-electron chi connectivity index (χ4n) is 3.12. The number of benzene rings is 1. The molecule has 0 aromatic heterocycles. The van der Waals surface area contributed by atoms with Gasteiger partial charge in [-0.25, -0.2) is 0 Å². The highest BCUT2D eigenvalue weighted by Gasteiger charge is 2.21. The summed E-state index contributed by atoms with van der Waals surface area (Å²) in [5, 5.41) is 15.5. The van der Waals surface area contributed by atoms with Crippen molar-refractivity contribution in [1.29, 1.82) is 0 Å². The summed E-state index contributed by atoms with van der Waals surface area (Å²) in [7, 11) is 0. The van der Waals surface area contributed by atoms with Crippen LogP contribution in [0.25, 0.3) is 0 Å². The molecule has 1 aliphatic rings. The quantitative estimate of drug-likeness (QED) is 0.708. The van der Waals surface area contributed by atoms with Crippen LogP contribution in [0, 0.1) is 11.8 Å². The molecule has 5 heteroatoms. The van der Waals surface area contributed by atoms with Gasteiger partial charge in [0.15, 0.2) is 0 Å². The Morgan fingerprint density at radius 1 is 1.20 bits per heavy atom. The Morgan fingerprint density at radius 2 is 1.92 bits per heavy atom. The van der Waals surface area contributed by atoms with Crippen molar-refractivity contribution in [3.8, 4) is 0 Å². The van der Waals surface area contributed by atoms with Gasteiger partial charge in [0.25, 0.3) is 5.91 Å². The zero-order valence-corrected chi connectivity index (χ0v) is 15.3. The minimum Gasteiger partial charge on any atom is -0.393 e. The van der Waals surface area contributed by atoms with Crippen molar-refractivity contribution >= 4 is 17.5 Å². The monoisotopic (exact) mass is 346 g/mol. The van der Waals surface area contributed by atoms with Crippen molar-refractivity contribution in [2.24, 2.45) is 11.8 Å². The lowest BCUT2D eigenvalue weighted by Gasteiger charge is -2.20. The van der Waals surface area contributed by atoms with E-state index in [1.54, 1.807) is 24.3 Å². The molecule has 1 aromatic rings. The highest BCUT2D eigenvalue weighted by atomic mass is 16.3. The molecule has 2 rings (SSSR count). The molecule has 0 spiro atoms. The largest absolute Gasteiger partial charge is 0.393 e. The third-order valence-electron chi connectivity index (χ3n) is 4.86. The smallest absolute Gasteiger partial charge is 0.251 e. The lowest BCUT2D eigenvalue weighted by Crippen LogP contribution is -2.29. The van der Waals surface area contributed by atoms with E-state index < -0.39 is 6.10 Å². The summed E-state index contributed by atoms with van der Waals surface area (Å²) in [5.74, 6) is 0.126. The second-order valence-electron chi connectivity index (χ2n) is 7.26. The Morgan fingerprint density at radius 3 is 2.60 bits per heavy atom. The van der Waals surface area contributed by atoms with Crippen LogP contribution in [0.15, 0.2) is 24.3 Å². The first-order valence-corrected chi connectivity index (χ1v) is 9.34. The lowest BCUT2D eigenvalue weighted by atomic mass is 9.88. The number of hydrogen-bond acceptors (Lipinski definition) is 3. The van der Waals surface area contributed by atoms with Gasteiger partial charge in [-0.2, -0.15) is 0 Å². The number of aliphatic hydroxyl groups is 1. The number of rotatable bonds is 7. The predicted molar refractivity (Wildman–Crippen MR) is 99.4 cm³/mol. The molecule has 0 aliphatic heterocycles. The van der Waals surface area contributed by atoms with Crippen LogP contribution in [0.2, 0.25) is 0 Å². The Balaban J connectivity index is 1.87. The van der Waals surface area contributed by atoms with E-state index in [0.717, 1.165) is 25.7 Å². The summed E-state index contributed by atoms with van der Waals surface area (Å²) < 4.78 is 0. The molecule has 1 atom stereocenters. The molecular formula is C20H30N2O3. The number of hydrogen-bond donors (Lipinski definition) is 3. The first-order chi connectivity index (χ1) is 12.0. The normalized spacial score (nSPS) is 16.5. The third-order valence-corrected chi connectivity index (χ3v) is 4.86. The molecule has 0 heterocycles. The molecule has 1 aliphatic carbocycles. The number of nitrogens with one attached hydrogen (secondary N) is 2. The fraction of sp³-hybridized carbons (Fsp3) is 0.600. The van der Waals surface area contributed by atoms with E-state index in [4.69, 9.17) is 0 Å². The highest BCUT2D eigenvalue weighted by molar-refractivity contribution is 5.97. The van der Waals surface area contributed by atoms with Gasteiger partial charge in [-0.1, -0.05) is 39.2 Å². The van der Waals surface area contributed by atoms with Gasteiger partial charge in [0.1, 0.15) is 0 Å². The summed E-state index contributed by atoms with van der Waals surface area (Å²) in [6, 6.07) is 7.01. The number of anilines is 1. The lowest BCUT2D eigenvalue weighted by molar-refractivity contribution is -0.120. The van der Waals surface area contributed by atoms with Crippen LogP contribution in [0.3, 0.4) is 0 Å². The van der Waals surface area contributed by atoms with Crippen LogP contribution >= 0.6 is 0 Å². The van der Waals surface area contributed by atoms with E-state index in [9.17, 15) is 14.7 Å². The minimum atomic E-state index is -0.415. The van der Waals surface area contributed by atoms with Crippen LogP contribution in [0.4, 0.5) is 5.69 Å². The molecule has 0 saturated heterocycles. The van der Waals surface area contributed by atoms with Crippen LogP contribution in [0.1, 0.15) is 62.7 Å². The van der Waals surface area contributed by atoms with Gasteiger partial charge in [-0.15, -0.1) is 0 Å². The van der Waals surface area contributed by atoms with E-state index >= 15 is 0 Å². The van der Waals surface area contributed by atoms with Crippen molar-refractivity contribution in [3.63, 3.8) is 0 Å². The van der Waals surface area contributed by atoms with Gasteiger partial charge in [-0.3, -0.25) is 9.59 Å². The Labute approximate surface area is 150 Å². The first-order valence-electron chi connectivity index (χ1n) is 9.34. The molecule has 1 unspecified atom stereocenters. The second kappa shape index (κ2) is 9.56. The molecule has 0 bridgehead atoms. The molecule has 1 aromatic carbocycles. The van der Waals surface area contributed by atoms with Crippen molar-refractivity contribution in [2.45, 2.75) is 58.5 Å². The Kier molecular flexibility index (Phi) is 7.44. The van der Waals surface area contributed by atoms with Gasteiger partial charge in [0, 0.05) is 23.7 Å². The maximum Gasteiger partial charge on any atom is 0.251 e. The van der Waals surface area contributed by atoms with Crippen LogP contribution < -0.4 is 10.6 Å². The van der Waals surface area contributed by atoms with Crippen molar-refractivity contribution in [3.05, 3.63) is 29.8 Å². The summed E-state index contributed by atoms with van der Waals surface area (Å²) in [4.78, 5) is 24.6. The fourth-order valence-corrected chi connectivity index (χ4v) is 3.12. The van der Waals surface area contributed by atoms with Crippen molar-refractivity contribution in [1.82, 2.24) is 5.32 Å². The van der Waals surface area contributed by atoms with Crippen LogP contribution in [-0.4, -0.2) is 29.6 Å². The Hall–Kier alpha value is -1.88. The van der Waals surface area contributed by atoms with E-state index in [-0.39, 0.29) is 23.7 Å². The average molecular weight is 346 g/mol. The van der Waals surface area contributed by atoms with Gasteiger partial charge in [0.2, 0.25) is 5.91 Å². The third kappa shape index (κ3) is 6.16. The molecule has 3 N–H and O–H groups in total. The second-order valence-corrected chi connectivity index (χ2v) is 7.26. The topological polar surface area (TPSA) is 78.4 Å². The van der Waals surface area contributed by atoms with Gasteiger partial charge >= 0.3 is 0 Å². The van der Waals surface area contributed by atoms with Gasteiger partial charge < -0.3 is 15.7 Å². The molecule has 1 saturated carbocycles. The zero-order chi connectivity index (χ0) is 18.2. The highest BCUT2D eigenvalue weighted by Crippen LogP contribution is 2.25. The number of aliphatic hydroxyl groups excluding tert-OH is 1. The summed E-state index contributed by atoms with van der Waals surface area (Å²) >= 11 is 0. The van der Waals surface area contributed by atoms with Crippen LogP contribution in [-0.2, 0) is 4.79 Å². The minimum absolute atomic E-state index is 0.0531. The maximum absolute atomic E-state index is 12.3. The molecule has 5 nitrogen and oxygen atoms in total. The van der Waals surface area contributed by atoms with Crippen molar-refractivity contribution in [2.75, 3.05) is 11.9 Å². The number of carbonyl (C=O) groups excluding carboxylic acids is 2. The summed E-state index contributed by atoms with van der Waals surface area (Å²) in [6.45, 7) is 4.33. The number of amides is 2. The molecule has 0 radical (unpaired) electrons. The first kappa shape index (κ1) is 19.4. The zero-order valence-electron chi connectivity index (χ0n) is 15.3. The summed E-state index contributed by atoms with van der Waals surface area (Å²) in [5.41, 5.74) is 1.17. The van der Waals surface area contributed by atoms with E-state index in [1.165, 1.54) is 6.42 Å². The molecular weight excluding hydrogens is 316 g/mol. The van der Waals surface area contributed by atoms with Crippen molar-refractivity contribution < 1.29 is 14.7 Å².